The molecule has 12 heavy (non-hydrogen) atoms. The van der Waals surface area contributed by atoms with E-state index in [0.29, 0.717) is 0 Å². The van der Waals surface area contributed by atoms with Crippen LogP contribution in [0.25, 0.3) is 0 Å². The third-order valence-corrected chi connectivity index (χ3v) is 5.12. The molecule has 0 heterocycles. The van der Waals surface area contributed by atoms with Crippen molar-refractivity contribution in [1.29, 1.82) is 0 Å². The van der Waals surface area contributed by atoms with E-state index in [0.717, 1.165) is 0 Å². The van der Waals surface area contributed by atoms with Crippen molar-refractivity contribution in [2.75, 3.05) is 0 Å². The van der Waals surface area contributed by atoms with E-state index in [2.05, 4.69) is 0 Å². The summed E-state index contributed by atoms with van der Waals surface area (Å²) in [6.45, 7) is 0. The van der Waals surface area contributed by atoms with E-state index in [1.807, 2.05) is 0 Å². The van der Waals surface area contributed by atoms with Gasteiger partial charge in [-0.1, -0.05) is 0 Å². The van der Waals surface area contributed by atoms with Crippen molar-refractivity contribution < 1.29 is 29.0 Å². The third kappa shape index (κ3) is 2.23. The molecule has 0 amide bonds. The second-order valence-electron chi connectivity index (χ2n) is 1.61. The first-order valence-electron chi connectivity index (χ1n) is 1.96. The summed E-state index contributed by atoms with van der Waals surface area (Å²) < 4.78 is 79.7. The maximum absolute atomic E-state index is 11.6. The minimum absolute atomic E-state index is 0.442. The molecule has 10 heteroatoms. The van der Waals surface area contributed by atoms with Crippen molar-refractivity contribution in [2.45, 2.75) is 7.86 Å². The van der Waals surface area contributed by atoms with Gasteiger partial charge in [0.2, 0.25) is 0 Å². The molecule has 78 valence electrons. The molecule has 0 aliphatic rings. The van der Waals surface area contributed by atoms with Crippen molar-refractivity contribution in [2.24, 2.45) is 0 Å². The molecule has 0 saturated carbocycles. The molecule has 0 N–H and O–H groups in total. The zero-order chi connectivity index (χ0) is 10.4. The molecular weight excluding hydrogens is 430 g/mol. The van der Waals surface area contributed by atoms with E-state index >= 15 is 0 Å². The Hall–Kier alpha value is 0.900. The van der Waals surface area contributed by atoms with Crippen LogP contribution < -0.4 is 0 Å². The fourth-order valence-electron chi connectivity index (χ4n) is 0.162. The van der Waals surface area contributed by atoms with Crippen LogP contribution in [0.5, 0.6) is 0 Å². The Morgan fingerprint density at radius 1 is 0.833 bits per heavy atom. The van der Waals surface area contributed by atoms with Crippen molar-refractivity contribution in [3.63, 3.8) is 0 Å². The van der Waals surface area contributed by atoms with Gasteiger partial charge in [0.05, 0.1) is 0 Å². The van der Waals surface area contributed by atoms with E-state index in [1.165, 1.54) is 0 Å². The SMILES string of the molecule is FC(F)(I)C(F)(F)I(F)(F)(F)F. The summed E-state index contributed by atoms with van der Waals surface area (Å²) >= 11 is -10.6. The monoisotopic (exact) mass is 430 g/mol. The zero-order valence-electron chi connectivity index (χ0n) is 4.78. The predicted molar refractivity (Wildman–Crippen MR) is 42.4 cm³/mol. The molecule has 0 unspecified atom stereocenters. The van der Waals surface area contributed by atoms with E-state index in [1.54, 1.807) is 0 Å². The Balaban J connectivity index is 5.15. The second kappa shape index (κ2) is 2.70. The number of rotatable bonds is 2. The van der Waals surface area contributed by atoms with E-state index < -0.39 is 49.8 Å². The molecule has 0 radical (unpaired) electrons. The third-order valence-electron chi connectivity index (χ3n) is 0.680. The van der Waals surface area contributed by atoms with E-state index in [-0.39, 0.29) is 0 Å². The van der Waals surface area contributed by atoms with Gasteiger partial charge in [-0.25, -0.2) is 0 Å². The Bertz CT molecular complexity index is 174. The van der Waals surface area contributed by atoms with E-state index in [4.69, 9.17) is 0 Å². The normalized spacial score (nSPS) is 18.6. The second-order valence-corrected chi connectivity index (χ2v) is 7.80. The summed E-state index contributed by atoms with van der Waals surface area (Å²) in [5.74, 6) is 0. The summed E-state index contributed by atoms with van der Waals surface area (Å²) in [6, 6.07) is 0. The Morgan fingerprint density at radius 2 is 1.08 bits per heavy atom. The number of alkyl halides is 6. The van der Waals surface area contributed by atoms with Crippen LogP contribution in [-0.2, 0) is 0 Å². The van der Waals surface area contributed by atoms with Crippen LogP contribution >= 0.6 is 41.9 Å². The first kappa shape index (κ1) is 12.9. The molecule has 0 aromatic rings. The average Bonchev–Trinajstić information content (AvgIpc) is 1.55. The Morgan fingerprint density at radius 3 is 1.08 bits per heavy atom. The first-order chi connectivity index (χ1) is 4.76. The maximum atomic E-state index is 11.6. The van der Waals surface area contributed by atoms with Crippen LogP contribution in [0.15, 0.2) is 0 Å². The van der Waals surface area contributed by atoms with Crippen LogP contribution in [0, 0.1) is 0 Å². The molecule has 0 fully saturated rings. The van der Waals surface area contributed by atoms with Gasteiger partial charge in [-0.3, -0.25) is 0 Å². The molecule has 0 bridgehead atoms. The summed E-state index contributed by atoms with van der Waals surface area (Å²) in [7, 11) is 0. The molecule has 0 saturated heterocycles. The molecule has 0 rings (SSSR count). The number of hydrogen-bond acceptors (Lipinski definition) is 0. The molecule has 0 aromatic heterocycles. The predicted octanol–water partition coefficient (Wildman–Crippen LogP) is 4.72. The van der Waals surface area contributed by atoms with Gasteiger partial charge in [0.25, 0.3) is 0 Å². The first-order valence-corrected chi connectivity index (χ1v) is 7.37. The van der Waals surface area contributed by atoms with Gasteiger partial charge >= 0.3 is 78.8 Å². The van der Waals surface area contributed by atoms with E-state index in [9.17, 15) is 29.0 Å². The van der Waals surface area contributed by atoms with Crippen LogP contribution in [0.4, 0.5) is 29.0 Å². The zero-order valence-corrected chi connectivity index (χ0v) is 9.09. The molecule has 0 aliphatic heterocycles. The topological polar surface area (TPSA) is 0 Å². The van der Waals surface area contributed by atoms with Gasteiger partial charge in [-0.2, -0.15) is 0 Å². The minimum atomic E-state index is -10.2. The van der Waals surface area contributed by atoms with Crippen LogP contribution in [0.3, 0.4) is 0 Å². The molecule has 0 spiro atoms. The fraction of sp³-hybridized carbons (Fsp3) is 1.00. The summed E-state index contributed by atoms with van der Waals surface area (Å²) in [6.07, 6.45) is 0. The van der Waals surface area contributed by atoms with Crippen LogP contribution in [0.2, 0.25) is 0 Å². The van der Waals surface area contributed by atoms with Gasteiger partial charge in [0.1, 0.15) is 0 Å². The molecule has 0 aromatic carbocycles. The molecular formula is C2F8I2. The van der Waals surface area contributed by atoms with Gasteiger partial charge in [-0.15, -0.1) is 0 Å². The summed E-state index contributed by atoms with van der Waals surface area (Å²) in [5.41, 5.74) is 0. The average molecular weight is 430 g/mol. The number of hydrogen-bond donors (Lipinski definition) is 0. The standard InChI is InChI=1S/C2F8I2/c3-1(4,11)2(5,6)12(7,8,9)10. The van der Waals surface area contributed by atoms with Crippen molar-refractivity contribution in [3.8, 4) is 0 Å². The quantitative estimate of drug-likeness (QED) is 0.338. The van der Waals surface area contributed by atoms with Crippen molar-refractivity contribution in [3.05, 3.63) is 0 Å². The molecule has 0 aliphatic carbocycles. The number of halogens is 10. The van der Waals surface area contributed by atoms with Gasteiger partial charge in [0, 0.05) is 0 Å². The van der Waals surface area contributed by atoms with Crippen molar-refractivity contribution >= 4 is 41.9 Å². The van der Waals surface area contributed by atoms with Crippen LogP contribution in [-0.4, -0.2) is 7.86 Å². The summed E-state index contributed by atoms with van der Waals surface area (Å²) in [5, 5.41) is 0. The molecule has 0 nitrogen and oxygen atoms in total. The van der Waals surface area contributed by atoms with Gasteiger partial charge < -0.3 is 0 Å². The summed E-state index contributed by atoms with van der Waals surface area (Å²) in [4.78, 5) is 0. The fourth-order valence-corrected chi connectivity index (χ4v) is 3.15. The van der Waals surface area contributed by atoms with Gasteiger partial charge in [0.15, 0.2) is 0 Å². The van der Waals surface area contributed by atoms with Gasteiger partial charge in [-0.05, 0) is 0 Å². The Kier molecular flexibility index (Phi) is 2.90. The Labute approximate surface area is 78.6 Å². The van der Waals surface area contributed by atoms with Crippen LogP contribution in [0.1, 0.15) is 0 Å². The molecule has 0 atom stereocenters. The van der Waals surface area contributed by atoms with Crippen molar-refractivity contribution in [1.82, 2.24) is 0 Å².